The topological polar surface area (TPSA) is 46.5 Å². The number of hydrogen-bond donors (Lipinski definition) is 1. The first kappa shape index (κ1) is 14.1. The molecule has 1 fully saturated rings. The van der Waals surface area contributed by atoms with Gasteiger partial charge in [-0.1, -0.05) is 19.1 Å². The molecular formula is C16H22O3. The number of aryl methyl sites for hydroxylation is 3. The van der Waals surface area contributed by atoms with E-state index in [1.165, 1.54) is 22.3 Å². The van der Waals surface area contributed by atoms with Gasteiger partial charge in [-0.3, -0.25) is 4.79 Å². The third-order valence-electron chi connectivity index (χ3n) is 4.29. The molecule has 1 aromatic carbocycles. The first-order valence-corrected chi connectivity index (χ1v) is 6.74. The molecule has 0 aliphatic carbocycles. The van der Waals surface area contributed by atoms with Crippen molar-refractivity contribution in [2.45, 2.75) is 39.5 Å². The van der Waals surface area contributed by atoms with Crippen LogP contribution >= 0.6 is 0 Å². The van der Waals surface area contributed by atoms with Crippen LogP contribution in [0.1, 0.15) is 35.6 Å². The van der Waals surface area contributed by atoms with Crippen LogP contribution in [-0.2, 0) is 14.9 Å². The number of benzene rings is 1. The van der Waals surface area contributed by atoms with E-state index >= 15 is 0 Å². The van der Waals surface area contributed by atoms with Crippen LogP contribution < -0.4 is 0 Å². The minimum Gasteiger partial charge on any atom is -0.481 e. The SMILES string of the molecule is Cc1cc(C)c(C2(CC(C)C(=O)O)COC2)cc1C. The Labute approximate surface area is 114 Å². The lowest BCUT2D eigenvalue weighted by atomic mass is 9.70. The van der Waals surface area contributed by atoms with Gasteiger partial charge in [-0.25, -0.2) is 0 Å². The number of rotatable bonds is 4. The van der Waals surface area contributed by atoms with Crippen LogP contribution in [0.25, 0.3) is 0 Å². The molecule has 0 spiro atoms. The Morgan fingerprint density at radius 1 is 1.26 bits per heavy atom. The zero-order valence-corrected chi connectivity index (χ0v) is 12.1. The van der Waals surface area contributed by atoms with Crippen molar-refractivity contribution in [3.8, 4) is 0 Å². The zero-order valence-electron chi connectivity index (χ0n) is 12.1. The summed E-state index contributed by atoms with van der Waals surface area (Å²) in [7, 11) is 0. The van der Waals surface area contributed by atoms with Crippen LogP contribution in [0.4, 0.5) is 0 Å². The molecular weight excluding hydrogens is 240 g/mol. The van der Waals surface area contributed by atoms with Crippen molar-refractivity contribution in [2.75, 3.05) is 13.2 Å². The number of hydrogen-bond acceptors (Lipinski definition) is 2. The molecule has 1 unspecified atom stereocenters. The molecule has 0 aromatic heterocycles. The van der Waals surface area contributed by atoms with Crippen molar-refractivity contribution in [2.24, 2.45) is 5.92 Å². The second kappa shape index (κ2) is 4.97. The number of carboxylic acids is 1. The molecule has 0 amide bonds. The molecule has 19 heavy (non-hydrogen) atoms. The van der Waals surface area contributed by atoms with E-state index in [1.807, 2.05) is 0 Å². The van der Waals surface area contributed by atoms with Gasteiger partial charge < -0.3 is 9.84 Å². The van der Waals surface area contributed by atoms with Gasteiger partial charge in [0.2, 0.25) is 0 Å². The van der Waals surface area contributed by atoms with Crippen molar-refractivity contribution in [3.05, 3.63) is 34.4 Å². The van der Waals surface area contributed by atoms with Gasteiger partial charge in [0.15, 0.2) is 0 Å². The predicted octanol–water partition coefficient (Wildman–Crippen LogP) is 2.99. The van der Waals surface area contributed by atoms with Crippen LogP contribution in [0.2, 0.25) is 0 Å². The highest BCUT2D eigenvalue weighted by Gasteiger charge is 2.43. The largest absolute Gasteiger partial charge is 0.481 e. The minimum atomic E-state index is -0.729. The normalized spacial score (nSPS) is 18.7. The molecule has 3 nitrogen and oxygen atoms in total. The Morgan fingerprint density at radius 3 is 2.32 bits per heavy atom. The van der Waals surface area contributed by atoms with Crippen molar-refractivity contribution in [1.29, 1.82) is 0 Å². The summed E-state index contributed by atoms with van der Waals surface area (Å²) in [6, 6.07) is 4.40. The summed E-state index contributed by atoms with van der Waals surface area (Å²) in [6.45, 7) is 9.36. The van der Waals surface area contributed by atoms with E-state index in [-0.39, 0.29) is 11.3 Å². The lowest BCUT2D eigenvalue weighted by molar-refractivity contribution is -0.144. The monoisotopic (exact) mass is 262 g/mol. The van der Waals surface area contributed by atoms with Gasteiger partial charge in [0.05, 0.1) is 19.1 Å². The molecule has 0 saturated carbocycles. The second-order valence-corrected chi connectivity index (χ2v) is 5.97. The maximum absolute atomic E-state index is 11.1. The Hall–Kier alpha value is -1.35. The molecule has 1 N–H and O–H groups in total. The first-order valence-electron chi connectivity index (χ1n) is 6.74. The third kappa shape index (κ3) is 2.52. The highest BCUT2D eigenvalue weighted by atomic mass is 16.5. The molecule has 104 valence electrons. The number of aliphatic carboxylic acids is 1. The van der Waals surface area contributed by atoms with Crippen LogP contribution in [0.5, 0.6) is 0 Å². The fraction of sp³-hybridized carbons (Fsp3) is 0.562. The van der Waals surface area contributed by atoms with Gasteiger partial charge in [0.1, 0.15) is 0 Å². The van der Waals surface area contributed by atoms with E-state index in [2.05, 4.69) is 32.9 Å². The van der Waals surface area contributed by atoms with Gasteiger partial charge in [0.25, 0.3) is 0 Å². The number of carboxylic acid groups (broad SMARTS) is 1. The van der Waals surface area contributed by atoms with E-state index in [0.717, 1.165) is 0 Å². The predicted molar refractivity (Wildman–Crippen MR) is 74.6 cm³/mol. The van der Waals surface area contributed by atoms with Gasteiger partial charge in [-0.15, -0.1) is 0 Å². The summed E-state index contributed by atoms with van der Waals surface area (Å²) in [6.07, 6.45) is 0.645. The minimum absolute atomic E-state index is 0.111. The molecule has 1 aliphatic heterocycles. The smallest absolute Gasteiger partial charge is 0.306 e. The van der Waals surface area contributed by atoms with Crippen molar-refractivity contribution < 1.29 is 14.6 Å². The quantitative estimate of drug-likeness (QED) is 0.907. The van der Waals surface area contributed by atoms with E-state index in [9.17, 15) is 4.79 Å². The van der Waals surface area contributed by atoms with E-state index in [4.69, 9.17) is 9.84 Å². The van der Waals surface area contributed by atoms with Gasteiger partial charge in [-0.05, 0) is 49.4 Å². The van der Waals surface area contributed by atoms with Crippen molar-refractivity contribution >= 4 is 5.97 Å². The standard InChI is InChI=1S/C16H22O3/c1-10-5-12(3)14(6-11(10)2)16(8-19-9-16)7-13(4)15(17)18/h5-6,13H,7-9H2,1-4H3,(H,17,18). The van der Waals surface area contributed by atoms with Crippen LogP contribution in [0.15, 0.2) is 12.1 Å². The van der Waals surface area contributed by atoms with Crippen LogP contribution in [0, 0.1) is 26.7 Å². The molecule has 1 heterocycles. The summed E-state index contributed by atoms with van der Waals surface area (Å²) < 4.78 is 5.41. The summed E-state index contributed by atoms with van der Waals surface area (Å²) in [5, 5.41) is 9.14. The van der Waals surface area contributed by atoms with E-state index in [1.54, 1.807) is 6.92 Å². The summed E-state index contributed by atoms with van der Waals surface area (Å²) in [4.78, 5) is 11.1. The first-order chi connectivity index (χ1) is 8.85. The van der Waals surface area contributed by atoms with Gasteiger partial charge in [0, 0.05) is 5.41 Å². The fourth-order valence-corrected chi connectivity index (χ4v) is 2.94. The maximum atomic E-state index is 11.1. The Morgan fingerprint density at radius 2 is 1.84 bits per heavy atom. The highest BCUT2D eigenvalue weighted by Crippen LogP contribution is 2.40. The molecule has 1 saturated heterocycles. The fourth-order valence-electron chi connectivity index (χ4n) is 2.94. The summed E-state index contributed by atoms with van der Waals surface area (Å²) >= 11 is 0. The molecule has 0 bridgehead atoms. The zero-order chi connectivity index (χ0) is 14.2. The third-order valence-corrected chi connectivity index (χ3v) is 4.29. The number of carbonyl (C=O) groups is 1. The molecule has 1 aromatic rings. The van der Waals surface area contributed by atoms with Crippen molar-refractivity contribution in [1.82, 2.24) is 0 Å². The molecule has 1 aliphatic rings. The maximum Gasteiger partial charge on any atom is 0.306 e. The summed E-state index contributed by atoms with van der Waals surface area (Å²) in [5.74, 6) is -1.07. The van der Waals surface area contributed by atoms with Crippen molar-refractivity contribution in [3.63, 3.8) is 0 Å². The van der Waals surface area contributed by atoms with E-state index < -0.39 is 5.97 Å². The average Bonchev–Trinajstić information content (AvgIpc) is 2.28. The summed E-state index contributed by atoms with van der Waals surface area (Å²) in [5.41, 5.74) is 4.93. The van der Waals surface area contributed by atoms with Crippen LogP contribution in [-0.4, -0.2) is 24.3 Å². The highest BCUT2D eigenvalue weighted by molar-refractivity contribution is 5.69. The Bertz CT molecular complexity index is 501. The van der Waals surface area contributed by atoms with Crippen LogP contribution in [0.3, 0.4) is 0 Å². The number of ether oxygens (including phenoxy) is 1. The molecule has 1 atom stereocenters. The second-order valence-electron chi connectivity index (χ2n) is 5.97. The lowest BCUT2D eigenvalue weighted by Crippen LogP contribution is -2.49. The molecule has 2 rings (SSSR count). The average molecular weight is 262 g/mol. The Balaban J connectivity index is 2.36. The molecule has 0 radical (unpaired) electrons. The molecule has 3 heteroatoms. The van der Waals surface area contributed by atoms with Gasteiger partial charge >= 0.3 is 5.97 Å². The lowest BCUT2D eigenvalue weighted by Gasteiger charge is -2.44. The van der Waals surface area contributed by atoms with Gasteiger partial charge in [-0.2, -0.15) is 0 Å². The van der Waals surface area contributed by atoms with E-state index in [0.29, 0.717) is 19.6 Å². The Kier molecular flexibility index (Phi) is 3.68.